The molecule has 2 aliphatic heterocycles. The Morgan fingerprint density at radius 2 is 1.60 bits per heavy atom. The topological polar surface area (TPSA) is 21.7 Å². The lowest BCUT2D eigenvalue weighted by atomic mass is 9.98. The fourth-order valence-electron chi connectivity index (χ4n) is 3.27. The summed E-state index contributed by atoms with van der Waals surface area (Å²) >= 11 is 6.38. The van der Waals surface area contributed by atoms with Crippen LogP contribution in [-0.2, 0) is 9.47 Å². The van der Waals surface area contributed by atoms with Crippen molar-refractivity contribution in [3.63, 3.8) is 0 Å². The Balaban J connectivity index is 2.14. The van der Waals surface area contributed by atoms with Crippen LogP contribution in [-0.4, -0.2) is 52.8 Å². The highest BCUT2D eigenvalue weighted by Gasteiger charge is 2.48. The zero-order valence-corrected chi connectivity index (χ0v) is 14.5. The van der Waals surface area contributed by atoms with Gasteiger partial charge in [-0.05, 0) is 54.4 Å². The van der Waals surface area contributed by atoms with Crippen LogP contribution in [0.1, 0.15) is 54.4 Å². The summed E-state index contributed by atoms with van der Waals surface area (Å²) in [6.07, 6.45) is 2.34. The van der Waals surface area contributed by atoms with E-state index >= 15 is 0 Å². The first-order chi connectivity index (χ1) is 9.05. The summed E-state index contributed by atoms with van der Waals surface area (Å²) in [5, 5.41) is 0.274. The first-order valence-electron chi connectivity index (χ1n) is 7.79. The monoisotopic (exact) mass is 303 g/mol. The standard InChI is InChI=1S/C16H30ClNO2/c1-15(2,3)19-13-10-18-8-7-11(17)9-12(18)14(13)20-16(4,5)6/h11-14H,7-10H2,1-6H3/t11-,12-,13-,14-/m1/s1. The van der Waals surface area contributed by atoms with Gasteiger partial charge in [-0.25, -0.2) is 0 Å². The number of ether oxygens (including phenoxy) is 2. The Kier molecular flexibility index (Phi) is 4.76. The van der Waals surface area contributed by atoms with Gasteiger partial charge in [0.05, 0.1) is 17.3 Å². The molecule has 0 aromatic heterocycles. The van der Waals surface area contributed by atoms with Gasteiger partial charge in [-0.15, -0.1) is 11.6 Å². The fourth-order valence-corrected chi connectivity index (χ4v) is 3.55. The maximum atomic E-state index is 6.38. The molecule has 0 N–H and O–H groups in total. The molecule has 0 aromatic carbocycles. The molecular weight excluding hydrogens is 274 g/mol. The van der Waals surface area contributed by atoms with Crippen LogP contribution in [0, 0.1) is 0 Å². The van der Waals surface area contributed by atoms with Gasteiger partial charge in [0.2, 0.25) is 0 Å². The Bertz CT molecular complexity index is 334. The molecule has 3 nitrogen and oxygen atoms in total. The van der Waals surface area contributed by atoms with Crippen LogP contribution in [0.5, 0.6) is 0 Å². The van der Waals surface area contributed by atoms with E-state index in [1.807, 2.05) is 0 Å². The van der Waals surface area contributed by atoms with Crippen molar-refractivity contribution in [1.29, 1.82) is 0 Å². The Morgan fingerprint density at radius 1 is 1.00 bits per heavy atom. The maximum Gasteiger partial charge on any atom is 0.101 e. The summed E-state index contributed by atoms with van der Waals surface area (Å²) < 4.78 is 12.6. The molecule has 0 saturated carbocycles. The van der Waals surface area contributed by atoms with E-state index in [-0.39, 0.29) is 28.8 Å². The van der Waals surface area contributed by atoms with Crippen molar-refractivity contribution in [3.8, 4) is 0 Å². The lowest BCUT2D eigenvalue weighted by molar-refractivity contribution is -0.151. The highest BCUT2D eigenvalue weighted by Crippen LogP contribution is 2.36. The average Bonchev–Trinajstić information content (AvgIpc) is 2.52. The second-order valence-corrected chi connectivity index (χ2v) is 8.76. The highest BCUT2D eigenvalue weighted by molar-refractivity contribution is 6.20. The van der Waals surface area contributed by atoms with Crippen LogP contribution in [0.2, 0.25) is 0 Å². The minimum Gasteiger partial charge on any atom is -0.369 e. The summed E-state index contributed by atoms with van der Waals surface area (Å²) in [5.74, 6) is 0. The van der Waals surface area contributed by atoms with Gasteiger partial charge >= 0.3 is 0 Å². The van der Waals surface area contributed by atoms with Crippen LogP contribution >= 0.6 is 11.6 Å². The lowest BCUT2D eigenvalue weighted by Gasteiger charge is -2.37. The fraction of sp³-hybridized carbons (Fsp3) is 1.00. The first kappa shape index (κ1) is 16.5. The van der Waals surface area contributed by atoms with Crippen molar-refractivity contribution >= 4 is 11.6 Å². The van der Waals surface area contributed by atoms with Gasteiger partial charge in [0.15, 0.2) is 0 Å². The molecule has 2 heterocycles. The van der Waals surface area contributed by atoms with Crippen molar-refractivity contribution in [1.82, 2.24) is 4.90 Å². The molecule has 20 heavy (non-hydrogen) atoms. The molecule has 0 radical (unpaired) electrons. The second kappa shape index (κ2) is 5.75. The van der Waals surface area contributed by atoms with Crippen molar-refractivity contribution < 1.29 is 9.47 Å². The Labute approximate surface area is 128 Å². The average molecular weight is 304 g/mol. The molecule has 0 amide bonds. The van der Waals surface area contributed by atoms with Crippen LogP contribution < -0.4 is 0 Å². The maximum absolute atomic E-state index is 6.38. The molecule has 2 aliphatic rings. The first-order valence-corrected chi connectivity index (χ1v) is 8.22. The molecule has 2 fully saturated rings. The van der Waals surface area contributed by atoms with Gasteiger partial charge in [-0.1, -0.05) is 0 Å². The number of nitrogens with zero attached hydrogens (tertiary/aromatic N) is 1. The molecule has 0 aromatic rings. The zero-order valence-electron chi connectivity index (χ0n) is 13.8. The zero-order chi connectivity index (χ0) is 15.1. The molecule has 2 saturated heterocycles. The third-order valence-corrected chi connectivity index (χ3v) is 4.25. The smallest absolute Gasteiger partial charge is 0.101 e. The minimum atomic E-state index is -0.153. The molecule has 4 heteroatoms. The number of alkyl halides is 1. The van der Waals surface area contributed by atoms with Crippen molar-refractivity contribution in [2.45, 2.75) is 89.2 Å². The summed E-state index contributed by atoms with van der Waals surface area (Å²) in [7, 11) is 0. The summed E-state index contributed by atoms with van der Waals surface area (Å²) in [5.41, 5.74) is -0.293. The van der Waals surface area contributed by atoms with Gasteiger partial charge in [-0.2, -0.15) is 0 Å². The molecule has 0 spiro atoms. The molecular formula is C16H30ClNO2. The molecule has 118 valence electrons. The SMILES string of the molecule is CC(C)(C)O[C@@H]1[C@H]2C[C@H](Cl)CCN2C[C@H]1OC(C)(C)C. The summed E-state index contributed by atoms with van der Waals surface area (Å²) in [6, 6.07) is 0.401. The predicted molar refractivity (Wildman–Crippen MR) is 83.5 cm³/mol. The molecule has 2 rings (SSSR count). The van der Waals surface area contributed by atoms with E-state index in [1.54, 1.807) is 0 Å². The van der Waals surface area contributed by atoms with E-state index in [4.69, 9.17) is 21.1 Å². The van der Waals surface area contributed by atoms with Gasteiger partial charge in [0, 0.05) is 24.5 Å². The van der Waals surface area contributed by atoms with E-state index in [0.717, 1.165) is 25.9 Å². The Hall–Kier alpha value is 0.170. The van der Waals surface area contributed by atoms with Gasteiger partial charge in [-0.3, -0.25) is 4.90 Å². The normalized spacial score (nSPS) is 36.1. The Morgan fingerprint density at radius 3 is 2.15 bits per heavy atom. The van der Waals surface area contributed by atoms with Gasteiger partial charge in [0.1, 0.15) is 6.10 Å². The van der Waals surface area contributed by atoms with Crippen LogP contribution in [0.3, 0.4) is 0 Å². The van der Waals surface area contributed by atoms with Crippen LogP contribution in [0.15, 0.2) is 0 Å². The number of halogens is 1. The minimum absolute atomic E-state index is 0.121. The molecule has 0 aliphatic carbocycles. The van der Waals surface area contributed by atoms with E-state index in [9.17, 15) is 0 Å². The van der Waals surface area contributed by atoms with Gasteiger partial charge in [0.25, 0.3) is 0 Å². The van der Waals surface area contributed by atoms with Crippen molar-refractivity contribution in [2.24, 2.45) is 0 Å². The molecule has 0 bridgehead atoms. The number of piperidine rings is 1. The van der Waals surface area contributed by atoms with E-state index < -0.39 is 0 Å². The number of hydrogen-bond donors (Lipinski definition) is 0. The van der Waals surface area contributed by atoms with Crippen LogP contribution in [0.4, 0.5) is 0 Å². The predicted octanol–water partition coefficient (Wildman–Crippen LogP) is 3.44. The number of rotatable bonds is 2. The third-order valence-electron chi connectivity index (χ3n) is 3.85. The largest absolute Gasteiger partial charge is 0.369 e. The number of hydrogen-bond acceptors (Lipinski definition) is 3. The summed E-state index contributed by atoms with van der Waals surface area (Å²) in [6.45, 7) is 14.7. The molecule has 0 unspecified atom stereocenters. The van der Waals surface area contributed by atoms with E-state index in [1.165, 1.54) is 0 Å². The second-order valence-electron chi connectivity index (χ2n) is 8.15. The number of fused-ring (bicyclic) bond motifs is 1. The molecule has 4 atom stereocenters. The van der Waals surface area contributed by atoms with Crippen molar-refractivity contribution in [2.75, 3.05) is 13.1 Å². The lowest BCUT2D eigenvalue weighted by Crippen LogP contribution is -2.47. The van der Waals surface area contributed by atoms with E-state index in [2.05, 4.69) is 46.4 Å². The van der Waals surface area contributed by atoms with Crippen molar-refractivity contribution in [3.05, 3.63) is 0 Å². The van der Waals surface area contributed by atoms with Gasteiger partial charge < -0.3 is 9.47 Å². The quantitative estimate of drug-likeness (QED) is 0.730. The van der Waals surface area contributed by atoms with Crippen LogP contribution in [0.25, 0.3) is 0 Å². The summed E-state index contributed by atoms with van der Waals surface area (Å²) in [4.78, 5) is 2.51. The van der Waals surface area contributed by atoms with E-state index in [0.29, 0.717) is 6.04 Å². The highest BCUT2D eigenvalue weighted by atomic mass is 35.5. The third kappa shape index (κ3) is 4.33.